The third-order valence-electron chi connectivity index (χ3n) is 2.85. The van der Waals surface area contributed by atoms with Gasteiger partial charge in [0.15, 0.2) is 0 Å². The van der Waals surface area contributed by atoms with Crippen LogP contribution in [0.5, 0.6) is 0 Å². The Morgan fingerprint density at radius 1 is 1.50 bits per heavy atom. The average molecular weight is 247 g/mol. The molecule has 0 aromatic heterocycles. The second-order valence-electron chi connectivity index (χ2n) is 4.18. The third-order valence-corrected chi connectivity index (χ3v) is 3.15. The highest BCUT2D eigenvalue weighted by Gasteiger charge is 2.28. The molecule has 0 saturated carbocycles. The van der Waals surface area contributed by atoms with E-state index >= 15 is 0 Å². The van der Waals surface area contributed by atoms with E-state index in [1.807, 2.05) is 0 Å². The Kier molecular flexibility index (Phi) is 4.30. The molecule has 0 bridgehead atoms. The molecule has 0 saturated heterocycles. The van der Waals surface area contributed by atoms with Gasteiger partial charge in [-0.25, -0.2) is 4.39 Å². The summed E-state index contributed by atoms with van der Waals surface area (Å²) in [6.07, 6.45) is -0.280. The van der Waals surface area contributed by atoms with E-state index in [1.54, 1.807) is 19.9 Å². The summed E-state index contributed by atoms with van der Waals surface area (Å²) in [6, 6.07) is 4.36. The lowest BCUT2D eigenvalue weighted by molar-refractivity contribution is -0.0629. The standard InChI is InChI=1S/C12H16ClFO2/c1-3-12(2,16)11(15)7-8-4-5-9(13)10(14)6-8/h4-6,11,15-16H,3,7H2,1-2H3. The topological polar surface area (TPSA) is 40.5 Å². The van der Waals surface area contributed by atoms with Gasteiger partial charge in [0, 0.05) is 6.42 Å². The van der Waals surface area contributed by atoms with Crippen molar-refractivity contribution in [1.82, 2.24) is 0 Å². The molecule has 1 aromatic carbocycles. The van der Waals surface area contributed by atoms with Gasteiger partial charge < -0.3 is 10.2 Å². The van der Waals surface area contributed by atoms with Gasteiger partial charge in [-0.1, -0.05) is 24.6 Å². The predicted octanol–water partition coefficient (Wildman–Crippen LogP) is 2.54. The first-order valence-electron chi connectivity index (χ1n) is 5.21. The summed E-state index contributed by atoms with van der Waals surface area (Å²) in [7, 11) is 0. The van der Waals surface area contributed by atoms with Gasteiger partial charge in [0.25, 0.3) is 0 Å². The maximum Gasteiger partial charge on any atom is 0.142 e. The van der Waals surface area contributed by atoms with E-state index in [0.717, 1.165) is 0 Å². The Morgan fingerprint density at radius 2 is 2.12 bits per heavy atom. The summed E-state index contributed by atoms with van der Waals surface area (Å²) in [6.45, 7) is 3.34. The monoisotopic (exact) mass is 246 g/mol. The van der Waals surface area contributed by atoms with Gasteiger partial charge in [-0.05, 0) is 31.0 Å². The number of aliphatic hydroxyl groups is 2. The Hall–Kier alpha value is -0.640. The van der Waals surface area contributed by atoms with E-state index < -0.39 is 17.5 Å². The lowest BCUT2D eigenvalue weighted by Gasteiger charge is -2.27. The number of rotatable bonds is 4. The minimum absolute atomic E-state index is 0.0560. The molecule has 0 spiro atoms. The third kappa shape index (κ3) is 3.17. The molecule has 0 aliphatic carbocycles. The average Bonchev–Trinajstić information content (AvgIpc) is 2.23. The van der Waals surface area contributed by atoms with Crippen molar-refractivity contribution in [2.75, 3.05) is 0 Å². The van der Waals surface area contributed by atoms with Crippen LogP contribution < -0.4 is 0 Å². The van der Waals surface area contributed by atoms with E-state index in [4.69, 9.17) is 11.6 Å². The Morgan fingerprint density at radius 3 is 2.62 bits per heavy atom. The van der Waals surface area contributed by atoms with Crippen LogP contribution in [-0.2, 0) is 6.42 Å². The molecule has 0 fully saturated rings. The minimum atomic E-state index is -1.16. The summed E-state index contributed by atoms with van der Waals surface area (Å²) in [5, 5.41) is 19.6. The fourth-order valence-electron chi connectivity index (χ4n) is 1.35. The van der Waals surface area contributed by atoms with Crippen LogP contribution in [0, 0.1) is 5.82 Å². The van der Waals surface area contributed by atoms with Crippen molar-refractivity contribution in [1.29, 1.82) is 0 Å². The molecule has 0 aliphatic heterocycles. The lowest BCUT2D eigenvalue weighted by atomic mass is 9.91. The molecule has 0 amide bonds. The van der Waals surface area contributed by atoms with Crippen LogP contribution in [0.15, 0.2) is 18.2 Å². The molecule has 1 aromatic rings. The zero-order valence-electron chi connectivity index (χ0n) is 9.37. The predicted molar refractivity (Wildman–Crippen MR) is 62.0 cm³/mol. The number of halogens is 2. The number of hydrogen-bond acceptors (Lipinski definition) is 2. The van der Waals surface area contributed by atoms with Crippen LogP contribution in [0.1, 0.15) is 25.8 Å². The van der Waals surface area contributed by atoms with Gasteiger partial charge >= 0.3 is 0 Å². The van der Waals surface area contributed by atoms with Crippen LogP contribution in [-0.4, -0.2) is 21.9 Å². The van der Waals surface area contributed by atoms with Crippen molar-refractivity contribution in [2.24, 2.45) is 0 Å². The SMILES string of the molecule is CCC(C)(O)C(O)Cc1ccc(Cl)c(F)c1. The Balaban J connectivity index is 2.77. The largest absolute Gasteiger partial charge is 0.390 e. The van der Waals surface area contributed by atoms with E-state index in [0.29, 0.717) is 12.0 Å². The highest BCUT2D eigenvalue weighted by Crippen LogP contribution is 2.21. The molecule has 2 N–H and O–H groups in total. The first kappa shape index (κ1) is 13.4. The van der Waals surface area contributed by atoms with Crippen molar-refractivity contribution in [3.05, 3.63) is 34.6 Å². The van der Waals surface area contributed by atoms with Crippen LogP contribution in [0.2, 0.25) is 5.02 Å². The van der Waals surface area contributed by atoms with Crippen LogP contribution >= 0.6 is 11.6 Å². The maximum atomic E-state index is 13.1. The molecule has 2 nitrogen and oxygen atoms in total. The summed E-state index contributed by atoms with van der Waals surface area (Å²) in [5.74, 6) is -0.512. The lowest BCUT2D eigenvalue weighted by Crippen LogP contribution is -2.39. The highest BCUT2D eigenvalue weighted by molar-refractivity contribution is 6.30. The molecular weight excluding hydrogens is 231 g/mol. The van der Waals surface area contributed by atoms with Gasteiger partial charge in [-0.15, -0.1) is 0 Å². The van der Waals surface area contributed by atoms with E-state index in [2.05, 4.69) is 0 Å². The number of aliphatic hydroxyl groups excluding tert-OH is 1. The number of hydrogen-bond donors (Lipinski definition) is 2. The zero-order valence-corrected chi connectivity index (χ0v) is 10.1. The van der Waals surface area contributed by atoms with Crippen LogP contribution in [0.3, 0.4) is 0 Å². The summed E-state index contributed by atoms with van der Waals surface area (Å²) >= 11 is 5.55. The van der Waals surface area contributed by atoms with Crippen molar-refractivity contribution in [3.8, 4) is 0 Å². The highest BCUT2D eigenvalue weighted by atomic mass is 35.5. The van der Waals surface area contributed by atoms with E-state index in [9.17, 15) is 14.6 Å². The molecule has 0 aliphatic rings. The van der Waals surface area contributed by atoms with Gasteiger partial charge in [0.05, 0.1) is 16.7 Å². The maximum absolute atomic E-state index is 13.1. The first-order chi connectivity index (χ1) is 7.36. The molecule has 16 heavy (non-hydrogen) atoms. The second-order valence-corrected chi connectivity index (χ2v) is 4.59. The van der Waals surface area contributed by atoms with Gasteiger partial charge in [-0.3, -0.25) is 0 Å². The Labute approximate surface area is 99.7 Å². The molecule has 0 heterocycles. The molecule has 2 unspecified atom stereocenters. The van der Waals surface area contributed by atoms with Gasteiger partial charge in [-0.2, -0.15) is 0 Å². The fraction of sp³-hybridized carbons (Fsp3) is 0.500. The van der Waals surface area contributed by atoms with Gasteiger partial charge in [0.2, 0.25) is 0 Å². The second kappa shape index (κ2) is 5.13. The molecule has 4 heteroatoms. The van der Waals surface area contributed by atoms with Crippen molar-refractivity contribution >= 4 is 11.6 Å². The van der Waals surface area contributed by atoms with Crippen LogP contribution in [0.4, 0.5) is 4.39 Å². The van der Waals surface area contributed by atoms with Crippen molar-refractivity contribution in [2.45, 2.75) is 38.4 Å². The quantitative estimate of drug-likeness (QED) is 0.857. The van der Waals surface area contributed by atoms with E-state index in [-0.39, 0.29) is 11.4 Å². The smallest absolute Gasteiger partial charge is 0.142 e. The van der Waals surface area contributed by atoms with Gasteiger partial charge in [0.1, 0.15) is 5.82 Å². The van der Waals surface area contributed by atoms with E-state index in [1.165, 1.54) is 12.1 Å². The normalized spacial score (nSPS) is 16.9. The fourth-order valence-corrected chi connectivity index (χ4v) is 1.46. The first-order valence-corrected chi connectivity index (χ1v) is 5.59. The summed E-state index contributed by atoms with van der Waals surface area (Å²) in [5.41, 5.74) is -0.543. The van der Waals surface area contributed by atoms with Crippen molar-refractivity contribution < 1.29 is 14.6 Å². The summed E-state index contributed by atoms with van der Waals surface area (Å²) in [4.78, 5) is 0. The zero-order chi connectivity index (χ0) is 12.3. The molecule has 0 radical (unpaired) electrons. The number of benzene rings is 1. The molecular formula is C12H16ClFO2. The van der Waals surface area contributed by atoms with Crippen molar-refractivity contribution in [3.63, 3.8) is 0 Å². The molecule has 1 rings (SSSR count). The summed E-state index contributed by atoms with van der Waals surface area (Å²) < 4.78 is 13.1. The Bertz CT molecular complexity index is 366. The minimum Gasteiger partial charge on any atom is -0.390 e. The molecule has 90 valence electrons. The van der Waals surface area contributed by atoms with Crippen LogP contribution in [0.25, 0.3) is 0 Å². The molecule has 2 atom stereocenters.